The second-order valence-corrected chi connectivity index (χ2v) is 5.19. The molecule has 1 amide bonds. The van der Waals surface area contributed by atoms with Gasteiger partial charge in [0.15, 0.2) is 5.69 Å². The Morgan fingerprint density at radius 3 is 2.86 bits per heavy atom. The van der Waals surface area contributed by atoms with Crippen molar-refractivity contribution in [2.45, 2.75) is 6.10 Å². The van der Waals surface area contributed by atoms with Crippen molar-refractivity contribution in [3.8, 4) is 5.69 Å². The van der Waals surface area contributed by atoms with Crippen LogP contribution >= 0.6 is 0 Å². The van der Waals surface area contributed by atoms with Gasteiger partial charge in [-0.15, -0.1) is 5.10 Å². The number of nitrogens with zero attached hydrogens (tertiary/aromatic N) is 3. The summed E-state index contributed by atoms with van der Waals surface area (Å²) in [6.45, 7) is 1.58. The van der Waals surface area contributed by atoms with Gasteiger partial charge in [-0.25, -0.2) is 4.39 Å². The van der Waals surface area contributed by atoms with E-state index < -0.39 is 6.10 Å². The van der Waals surface area contributed by atoms with Crippen LogP contribution in [0, 0.1) is 11.7 Å². The van der Waals surface area contributed by atoms with Crippen molar-refractivity contribution < 1.29 is 14.3 Å². The molecule has 2 unspecified atom stereocenters. The molecule has 0 aliphatic carbocycles. The summed E-state index contributed by atoms with van der Waals surface area (Å²) in [5, 5.41) is 23.5. The Labute approximate surface area is 126 Å². The van der Waals surface area contributed by atoms with E-state index >= 15 is 0 Å². The van der Waals surface area contributed by atoms with Gasteiger partial charge in [-0.1, -0.05) is 0 Å². The van der Waals surface area contributed by atoms with Crippen molar-refractivity contribution in [2.75, 3.05) is 19.6 Å². The van der Waals surface area contributed by atoms with Crippen LogP contribution in [0.1, 0.15) is 10.5 Å². The quantitative estimate of drug-likeness (QED) is 0.722. The third-order valence-corrected chi connectivity index (χ3v) is 3.61. The number of β-amino-alcohol motifs (C(OH)–C–C–N with tert-alkyl or cyclic N) is 1. The highest BCUT2D eigenvalue weighted by atomic mass is 19.1. The molecule has 0 bridgehead atoms. The first-order valence-electron chi connectivity index (χ1n) is 6.99. The normalized spacial score (nSPS) is 21.0. The lowest BCUT2D eigenvalue weighted by Crippen LogP contribution is -2.34. The maximum atomic E-state index is 12.9. The number of aliphatic hydroxyl groups is 1. The van der Waals surface area contributed by atoms with E-state index in [-0.39, 0.29) is 23.3 Å². The summed E-state index contributed by atoms with van der Waals surface area (Å²) in [7, 11) is 0. The number of aliphatic hydroxyl groups excluding tert-OH is 1. The zero-order valence-corrected chi connectivity index (χ0v) is 11.7. The Morgan fingerprint density at radius 1 is 1.41 bits per heavy atom. The number of benzene rings is 1. The number of rotatable bonds is 4. The standard InChI is InChI=1S/C14H16FN5O2/c15-10-1-3-11(4-2-10)20-18-7-12(19-20)14(22)17-6-9-5-16-8-13(9)21/h1-4,7,9,13,16,21H,5-6,8H2,(H,17,22). The molecule has 1 aromatic heterocycles. The minimum Gasteiger partial charge on any atom is -0.391 e. The smallest absolute Gasteiger partial charge is 0.273 e. The van der Waals surface area contributed by atoms with Crippen LogP contribution in [0.4, 0.5) is 4.39 Å². The first-order chi connectivity index (χ1) is 10.6. The van der Waals surface area contributed by atoms with Gasteiger partial charge in [0, 0.05) is 25.6 Å². The molecule has 0 saturated carbocycles. The van der Waals surface area contributed by atoms with Crippen molar-refractivity contribution in [1.82, 2.24) is 25.6 Å². The lowest BCUT2D eigenvalue weighted by Gasteiger charge is -2.13. The van der Waals surface area contributed by atoms with E-state index in [1.54, 1.807) is 0 Å². The minimum absolute atomic E-state index is 0.00362. The van der Waals surface area contributed by atoms with Gasteiger partial charge in [0.25, 0.3) is 5.91 Å². The molecule has 3 rings (SSSR count). The van der Waals surface area contributed by atoms with Crippen LogP contribution < -0.4 is 10.6 Å². The molecule has 1 aliphatic heterocycles. The molecule has 7 nitrogen and oxygen atoms in total. The summed E-state index contributed by atoms with van der Waals surface area (Å²) in [5.74, 6) is -0.707. The average molecular weight is 305 g/mol. The summed E-state index contributed by atoms with van der Waals surface area (Å²) < 4.78 is 12.9. The van der Waals surface area contributed by atoms with Crippen molar-refractivity contribution in [2.24, 2.45) is 5.92 Å². The van der Waals surface area contributed by atoms with Gasteiger partial charge in [0.2, 0.25) is 0 Å². The van der Waals surface area contributed by atoms with Crippen molar-refractivity contribution in [3.63, 3.8) is 0 Å². The van der Waals surface area contributed by atoms with E-state index in [1.807, 2.05) is 0 Å². The van der Waals surface area contributed by atoms with E-state index in [1.165, 1.54) is 35.3 Å². The zero-order chi connectivity index (χ0) is 15.5. The summed E-state index contributed by atoms with van der Waals surface area (Å²) >= 11 is 0. The highest BCUT2D eigenvalue weighted by Crippen LogP contribution is 2.09. The van der Waals surface area contributed by atoms with Gasteiger partial charge >= 0.3 is 0 Å². The van der Waals surface area contributed by atoms with E-state index in [4.69, 9.17) is 0 Å². The van der Waals surface area contributed by atoms with Crippen LogP contribution in [0.25, 0.3) is 5.69 Å². The second kappa shape index (κ2) is 6.20. The van der Waals surface area contributed by atoms with Gasteiger partial charge in [-0.3, -0.25) is 4.79 Å². The predicted octanol–water partition coefficient (Wildman–Crippen LogP) is -0.283. The SMILES string of the molecule is O=C(NCC1CNCC1O)c1cnn(-c2ccc(F)cc2)n1. The number of amides is 1. The van der Waals surface area contributed by atoms with E-state index in [0.29, 0.717) is 25.3 Å². The van der Waals surface area contributed by atoms with Crippen molar-refractivity contribution in [3.05, 3.63) is 42.0 Å². The molecular weight excluding hydrogens is 289 g/mol. The lowest BCUT2D eigenvalue weighted by molar-refractivity contribution is 0.0921. The molecule has 8 heteroatoms. The third-order valence-electron chi connectivity index (χ3n) is 3.61. The molecular formula is C14H16FN5O2. The van der Waals surface area contributed by atoms with Crippen LogP contribution in [0.5, 0.6) is 0 Å². The number of nitrogens with one attached hydrogen (secondary N) is 2. The van der Waals surface area contributed by atoms with E-state index in [0.717, 1.165) is 0 Å². The fourth-order valence-electron chi connectivity index (χ4n) is 2.31. The molecule has 0 radical (unpaired) electrons. The molecule has 2 atom stereocenters. The molecule has 1 aliphatic rings. The Kier molecular flexibility index (Phi) is 4.12. The van der Waals surface area contributed by atoms with Gasteiger partial charge in [0.05, 0.1) is 18.0 Å². The van der Waals surface area contributed by atoms with Crippen LogP contribution in [0.2, 0.25) is 0 Å². The van der Waals surface area contributed by atoms with E-state index in [2.05, 4.69) is 20.8 Å². The van der Waals surface area contributed by atoms with Gasteiger partial charge in [0.1, 0.15) is 5.82 Å². The molecule has 1 saturated heterocycles. The number of hydrogen-bond donors (Lipinski definition) is 3. The molecule has 22 heavy (non-hydrogen) atoms. The molecule has 0 spiro atoms. The summed E-state index contributed by atoms with van der Waals surface area (Å²) in [6, 6.07) is 5.65. The fraction of sp³-hybridized carbons (Fsp3) is 0.357. The van der Waals surface area contributed by atoms with Gasteiger partial charge < -0.3 is 15.7 Å². The largest absolute Gasteiger partial charge is 0.391 e. The highest BCUT2D eigenvalue weighted by molar-refractivity contribution is 5.91. The first-order valence-corrected chi connectivity index (χ1v) is 6.99. The van der Waals surface area contributed by atoms with E-state index in [9.17, 15) is 14.3 Å². The number of carbonyl (C=O) groups excluding carboxylic acids is 1. The topological polar surface area (TPSA) is 92.1 Å². The minimum atomic E-state index is -0.449. The monoisotopic (exact) mass is 305 g/mol. The third kappa shape index (κ3) is 3.12. The number of hydrogen-bond acceptors (Lipinski definition) is 5. The van der Waals surface area contributed by atoms with Crippen molar-refractivity contribution in [1.29, 1.82) is 0 Å². The molecule has 1 fully saturated rings. The van der Waals surface area contributed by atoms with Crippen LogP contribution in [-0.4, -0.2) is 51.7 Å². The maximum absolute atomic E-state index is 12.9. The number of halogens is 1. The summed E-state index contributed by atoms with van der Waals surface area (Å²) in [6.07, 6.45) is 0.900. The van der Waals surface area contributed by atoms with Crippen LogP contribution in [-0.2, 0) is 0 Å². The Morgan fingerprint density at radius 2 is 2.18 bits per heavy atom. The molecule has 116 valence electrons. The Balaban J connectivity index is 1.63. The lowest BCUT2D eigenvalue weighted by atomic mass is 10.1. The molecule has 3 N–H and O–H groups in total. The van der Waals surface area contributed by atoms with Crippen LogP contribution in [0.15, 0.2) is 30.5 Å². The second-order valence-electron chi connectivity index (χ2n) is 5.19. The highest BCUT2D eigenvalue weighted by Gasteiger charge is 2.25. The maximum Gasteiger partial charge on any atom is 0.273 e. The van der Waals surface area contributed by atoms with Crippen LogP contribution in [0.3, 0.4) is 0 Å². The average Bonchev–Trinajstić information content (AvgIpc) is 3.15. The predicted molar refractivity (Wildman–Crippen MR) is 76.0 cm³/mol. The fourth-order valence-corrected chi connectivity index (χ4v) is 2.31. The summed E-state index contributed by atoms with van der Waals surface area (Å²) in [4.78, 5) is 13.3. The molecule has 1 aromatic carbocycles. The van der Waals surface area contributed by atoms with Gasteiger partial charge in [-0.05, 0) is 24.3 Å². The Hall–Kier alpha value is -2.32. The van der Waals surface area contributed by atoms with Crippen molar-refractivity contribution >= 4 is 5.91 Å². The first kappa shape index (κ1) is 14.6. The molecule has 2 heterocycles. The van der Waals surface area contributed by atoms with Gasteiger partial charge in [-0.2, -0.15) is 9.90 Å². The number of aromatic nitrogens is 3. The summed E-state index contributed by atoms with van der Waals surface area (Å²) in [5.41, 5.74) is 0.737. The number of carbonyl (C=O) groups is 1. The molecule has 2 aromatic rings. The zero-order valence-electron chi connectivity index (χ0n) is 11.7. The Bertz CT molecular complexity index is 658.